The lowest BCUT2D eigenvalue weighted by Crippen LogP contribution is -2.23. The second kappa shape index (κ2) is 5.17. The zero-order valence-electron chi connectivity index (χ0n) is 8.71. The highest BCUT2D eigenvalue weighted by Crippen LogP contribution is 2.26. The minimum atomic E-state index is 0.0183. The van der Waals surface area contributed by atoms with Gasteiger partial charge in [0.1, 0.15) is 0 Å². The van der Waals surface area contributed by atoms with Gasteiger partial charge in [0.25, 0.3) is 0 Å². The monoisotopic (exact) mass is 258 g/mol. The van der Waals surface area contributed by atoms with Crippen molar-refractivity contribution >= 4 is 29.0 Å². The molecule has 4 heteroatoms. The first-order valence-corrected chi connectivity index (χ1v) is 6.01. The molecule has 0 atom stereocenters. The molecule has 1 aliphatic heterocycles. The van der Waals surface area contributed by atoms with E-state index in [-0.39, 0.29) is 11.7 Å². The van der Waals surface area contributed by atoms with Gasteiger partial charge in [0, 0.05) is 29.7 Å². The molecule has 1 aromatic rings. The molecule has 0 radical (unpaired) electrons. The molecule has 0 amide bonds. The minimum absolute atomic E-state index is 0.0183. The molecule has 2 rings (SSSR count). The Morgan fingerprint density at radius 1 is 1.25 bits per heavy atom. The van der Waals surface area contributed by atoms with Gasteiger partial charge in [-0.2, -0.15) is 0 Å². The SMILES string of the molecule is O=C(c1cc(Cl)ccc1Cl)C1CCOCC1. The van der Waals surface area contributed by atoms with Crippen LogP contribution >= 0.6 is 23.2 Å². The molecular formula is C12H12Cl2O2. The second-order valence-electron chi connectivity index (χ2n) is 3.88. The predicted octanol–water partition coefficient (Wildman–Crippen LogP) is 3.60. The summed E-state index contributed by atoms with van der Waals surface area (Å²) in [5.74, 6) is 0.0977. The van der Waals surface area contributed by atoms with Crippen molar-refractivity contribution in [2.24, 2.45) is 5.92 Å². The molecular weight excluding hydrogens is 247 g/mol. The van der Waals surface area contributed by atoms with E-state index in [4.69, 9.17) is 27.9 Å². The van der Waals surface area contributed by atoms with Crippen LogP contribution in [-0.4, -0.2) is 19.0 Å². The summed E-state index contributed by atoms with van der Waals surface area (Å²) < 4.78 is 5.23. The molecule has 86 valence electrons. The number of rotatable bonds is 2. The summed E-state index contributed by atoms with van der Waals surface area (Å²) in [5, 5.41) is 1.01. The lowest BCUT2D eigenvalue weighted by molar-refractivity contribution is 0.0545. The molecule has 0 N–H and O–H groups in total. The van der Waals surface area contributed by atoms with E-state index >= 15 is 0 Å². The van der Waals surface area contributed by atoms with Crippen molar-refractivity contribution < 1.29 is 9.53 Å². The number of carbonyl (C=O) groups excluding carboxylic acids is 1. The van der Waals surface area contributed by atoms with Gasteiger partial charge in [0.05, 0.1) is 5.02 Å². The molecule has 0 bridgehead atoms. The van der Waals surface area contributed by atoms with E-state index in [2.05, 4.69) is 0 Å². The van der Waals surface area contributed by atoms with E-state index in [1.54, 1.807) is 18.2 Å². The molecule has 0 aromatic heterocycles. The van der Waals surface area contributed by atoms with Crippen LogP contribution in [-0.2, 0) is 4.74 Å². The van der Waals surface area contributed by atoms with Gasteiger partial charge in [0.15, 0.2) is 5.78 Å². The third-order valence-corrected chi connectivity index (χ3v) is 3.35. The zero-order valence-corrected chi connectivity index (χ0v) is 10.2. The van der Waals surface area contributed by atoms with Crippen molar-refractivity contribution in [2.75, 3.05) is 13.2 Å². The lowest BCUT2D eigenvalue weighted by atomic mass is 9.91. The maximum absolute atomic E-state index is 12.2. The minimum Gasteiger partial charge on any atom is -0.381 e. The van der Waals surface area contributed by atoms with Gasteiger partial charge in [0.2, 0.25) is 0 Å². The van der Waals surface area contributed by atoms with Crippen LogP contribution in [0, 0.1) is 5.92 Å². The van der Waals surface area contributed by atoms with Gasteiger partial charge < -0.3 is 4.74 Å². The summed E-state index contributed by atoms with van der Waals surface area (Å²) in [6.45, 7) is 1.29. The molecule has 16 heavy (non-hydrogen) atoms. The molecule has 1 aromatic carbocycles. The Labute approximate surface area is 104 Å². The highest BCUT2D eigenvalue weighted by Gasteiger charge is 2.24. The number of ketones is 1. The third kappa shape index (κ3) is 2.57. The molecule has 1 saturated heterocycles. The molecule has 1 heterocycles. The maximum atomic E-state index is 12.2. The van der Waals surface area contributed by atoms with Crippen molar-refractivity contribution in [3.8, 4) is 0 Å². The van der Waals surface area contributed by atoms with Crippen LogP contribution in [0.4, 0.5) is 0 Å². The number of ether oxygens (including phenoxy) is 1. The molecule has 1 aliphatic rings. The molecule has 0 unspecified atom stereocenters. The van der Waals surface area contributed by atoms with Crippen molar-refractivity contribution in [1.82, 2.24) is 0 Å². The fourth-order valence-electron chi connectivity index (χ4n) is 1.87. The van der Waals surface area contributed by atoms with Crippen molar-refractivity contribution in [3.05, 3.63) is 33.8 Å². The lowest BCUT2D eigenvalue weighted by Gasteiger charge is -2.21. The summed E-state index contributed by atoms with van der Waals surface area (Å²) in [7, 11) is 0. The van der Waals surface area contributed by atoms with E-state index in [9.17, 15) is 4.79 Å². The van der Waals surface area contributed by atoms with E-state index in [1.165, 1.54) is 0 Å². The predicted molar refractivity (Wildman–Crippen MR) is 64.3 cm³/mol. The zero-order chi connectivity index (χ0) is 11.5. The van der Waals surface area contributed by atoms with Gasteiger partial charge in [-0.15, -0.1) is 0 Å². The van der Waals surface area contributed by atoms with Gasteiger partial charge in [-0.3, -0.25) is 4.79 Å². The van der Waals surface area contributed by atoms with Crippen molar-refractivity contribution in [1.29, 1.82) is 0 Å². The summed E-state index contributed by atoms with van der Waals surface area (Å²) in [5.41, 5.74) is 0.529. The fraction of sp³-hybridized carbons (Fsp3) is 0.417. The Bertz CT molecular complexity index is 398. The number of benzene rings is 1. The first kappa shape index (κ1) is 11.9. The summed E-state index contributed by atoms with van der Waals surface area (Å²) in [4.78, 5) is 12.2. The quantitative estimate of drug-likeness (QED) is 0.758. The van der Waals surface area contributed by atoms with E-state index in [0.717, 1.165) is 12.8 Å². The second-order valence-corrected chi connectivity index (χ2v) is 4.72. The van der Waals surface area contributed by atoms with Crippen LogP contribution in [0.1, 0.15) is 23.2 Å². The third-order valence-electron chi connectivity index (χ3n) is 2.79. The van der Waals surface area contributed by atoms with E-state index in [0.29, 0.717) is 28.8 Å². The molecule has 1 fully saturated rings. The van der Waals surface area contributed by atoms with Crippen LogP contribution in [0.15, 0.2) is 18.2 Å². The van der Waals surface area contributed by atoms with E-state index in [1.807, 2.05) is 0 Å². The average Bonchev–Trinajstić information content (AvgIpc) is 2.32. The highest BCUT2D eigenvalue weighted by atomic mass is 35.5. The van der Waals surface area contributed by atoms with Crippen molar-refractivity contribution in [2.45, 2.75) is 12.8 Å². The first-order valence-electron chi connectivity index (χ1n) is 5.25. The van der Waals surface area contributed by atoms with Crippen LogP contribution < -0.4 is 0 Å². The highest BCUT2D eigenvalue weighted by molar-refractivity contribution is 6.36. The van der Waals surface area contributed by atoms with Crippen LogP contribution in [0.25, 0.3) is 0 Å². The van der Waals surface area contributed by atoms with Crippen LogP contribution in [0.2, 0.25) is 10.0 Å². The molecule has 2 nitrogen and oxygen atoms in total. The number of halogens is 2. The summed E-state index contributed by atoms with van der Waals surface area (Å²) in [6, 6.07) is 4.99. The Kier molecular flexibility index (Phi) is 3.85. The Morgan fingerprint density at radius 3 is 2.62 bits per heavy atom. The van der Waals surface area contributed by atoms with Gasteiger partial charge in [-0.05, 0) is 31.0 Å². The fourth-order valence-corrected chi connectivity index (χ4v) is 2.25. The Balaban J connectivity index is 2.22. The Morgan fingerprint density at radius 2 is 1.94 bits per heavy atom. The maximum Gasteiger partial charge on any atom is 0.167 e. The number of Topliss-reactive ketones (excluding diaryl/α,β-unsaturated/α-hetero) is 1. The average molecular weight is 259 g/mol. The largest absolute Gasteiger partial charge is 0.381 e. The van der Waals surface area contributed by atoms with Crippen LogP contribution in [0.3, 0.4) is 0 Å². The molecule has 0 aliphatic carbocycles. The summed E-state index contributed by atoms with van der Waals surface area (Å²) >= 11 is 11.9. The number of carbonyl (C=O) groups is 1. The first-order chi connectivity index (χ1) is 7.68. The van der Waals surface area contributed by atoms with E-state index < -0.39 is 0 Å². The van der Waals surface area contributed by atoms with Gasteiger partial charge in [-0.1, -0.05) is 23.2 Å². The summed E-state index contributed by atoms with van der Waals surface area (Å²) in [6.07, 6.45) is 1.53. The molecule has 0 saturated carbocycles. The standard InChI is InChI=1S/C12H12Cl2O2/c13-9-1-2-11(14)10(7-9)12(15)8-3-5-16-6-4-8/h1-2,7-8H,3-6H2. The van der Waals surface area contributed by atoms with Crippen molar-refractivity contribution in [3.63, 3.8) is 0 Å². The topological polar surface area (TPSA) is 26.3 Å². The van der Waals surface area contributed by atoms with Crippen LogP contribution in [0.5, 0.6) is 0 Å². The van der Waals surface area contributed by atoms with Gasteiger partial charge in [-0.25, -0.2) is 0 Å². The number of hydrogen-bond acceptors (Lipinski definition) is 2. The Hall–Kier alpha value is -0.570. The van der Waals surface area contributed by atoms with Gasteiger partial charge >= 0.3 is 0 Å². The number of hydrogen-bond donors (Lipinski definition) is 0. The normalized spacial score (nSPS) is 17.4. The molecule has 0 spiro atoms. The smallest absolute Gasteiger partial charge is 0.167 e.